The maximum atomic E-state index is 13.9. The van der Waals surface area contributed by atoms with Crippen LogP contribution in [0.1, 0.15) is 35.5 Å². The van der Waals surface area contributed by atoms with E-state index in [-0.39, 0.29) is 23.0 Å². The van der Waals surface area contributed by atoms with Gasteiger partial charge in [-0.05, 0) is 56.7 Å². The largest absolute Gasteiger partial charge is 0.504 e. The first-order valence-electron chi connectivity index (χ1n) is 12.0. The number of fused-ring (bicyclic) bond motifs is 1. The molecule has 0 saturated heterocycles. The van der Waals surface area contributed by atoms with Gasteiger partial charge >= 0.3 is 0 Å². The lowest BCUT2D eigenvalue weighted by Crippen LogP contribution is -2.40. The smallest absolute Gasteiger partial charge is 0.271 e. The third kappa shape index (κ3) is 4.32. The quantitative estimate of drug-likeness (QED) is 0.413. The van der Waals surface area contributed by atoms with Crippen LogP contribution in [0.3, 0.4) is 0 Å². The van der Waals surface area contributed by atoms with Gasteiger partial charge in [0.05, 0.1) is 34.6 Å². The zero-order chi connectivity index (χ0) is 27.1. The van der Waals surface area contributed by atoms with Crippen molar-refractivity contribution in [3.05, 3.63) is 102 Å². The van der Waals surface area contributed by atoms with Crippen LogP contribution in [0.4, 0.5) is 5.69 Å². The van der Waals surface area contributed by atoms with Crippen LogP contribution in [0.15, 0.2) is 69.6 Å². The Kier molecular flexibility index (Phi) is 6.50. The molecule has 2 aromatic heterocycles. The first-order valence-corrected chi connectivity index (χ1v) is 12.8. The maximum absolute atomic E-state index is 13.9. The van der Waals surface area contributed by atoms with Gasteiger partial charge in [-0.1, -0.05) is 35.6 Å². The summed E-state index contributed by atoms with van der Waals surface area (Å²) in [5.41, 5.74) is 4.41. The summed E-state index contributed by atoms with van der Waals surface area (Å²) in [6.07, 6.45) is 1.83. The Morgan fingerprint density at radius 3 is 2.55 bits per heavy atom. The molecule has 2 aromatic carbocycles. The predicted molar refractivity (Wildman–Crippen MR) is 146 cm³/mol. The van der Waals surface area contributed by atoms with E-state index in [0.29, 0.717) is 31.9 Å². The second kappa shape index (κ2) is 9.79. The van der Waals surface area contributed by atoms with Gasteiger partial charge in [0.25, 0.3) is 11.5 Å². The maximum Gasteiger partial charge on any atom is 0.271 e. The minimum Gasteiger partial charge on any atom is -0.504 e. The molecule has 1 amide bonds. The molecule has 5 rings (SSSR count). The normalized spacial score (nSPS) is 15.3. The third-order valence-corrected chi connectivity index (χ3v) is 7.64. The van der Waals surface area contributed by atoms with Crippen LogP contribution >= 0.6 is 11.3 Å². The molecule has 0 fully saturated rings. The number of hydrogen-bond acceptors (Lipinski definition) is 7. The number of amides is 1. The second-order valence-electron chi connectivity index (χ2n) is 9.04. The number of thiazole rings is 1. The van der Waals surface area contributed by atoms with Gasteiger partial charge in [0, 0.05) is 24.0 Å². The van der Waals surface area contributed by atoms with Crippen LogP contribution in [-0.4, -0.2) is 32.5 Å². The number of carbonyl (C=O) groups excluding carboxylic acids is 1. The van der Waals surface area contributed by atoms with E-state index < -0.39 is 6.04 Å². The van der Waals surface area contributed by atoms with Gasteiger partial charge in [0.2, 0.25) is 0 Å². The molecule has 3 heterocycles. The topological polar surface area (TPSA) is 111 Å². The molecule has 9 nitrogen and oxygen atoms in total. The molecule has 2 N–H and O–H groups in total. The third-order valence-electron chi connectivity index (χ3n) is 6.66. The molecule has 0 bridgehead atoms. The van der Waals surface area contributed by atoms with Gasteiger partial charge in [0.1, 0.15) is 0 Å². The number of phenolic OH excluding ortho intramolecular Hbond substituents is 1. The number of hydrogen-bond donors (Lipinski definition) is 2. The van der Waals surface area contributed by atoms with E-state index in [9.17, 15) is 14.7 Å². The number of allylic oxidation sites excluding steroid dienone is 1. The van der Waals surface area contributed by atoms with Gasteiger partial charge in [-0.3, -0.25) is 18.8 Å². The summed E-state index contributed by atoms with van der Waals surface area (Å²) in [4.78, 5) is 32.7. The highest BCUT2D eigenvalue weighted by Crippen LogP contribution is 2.35. The molecular weight excluding hydrogens is 502 g/mol. The highest BCUT2D eigenvalue weighted by atomic mass is 32.1. The number of aromatic nitrogens is 3. The number of para-hydroxylation sites is 1. The molecule has 1 aliphatic heterocycles. The van der Waals surface area contributed by atoms with Crippen molar-refractivity contribution in [1.82, 2.24) is 14.3 Å². The van der Waals surface area contributed by atoms with Gasteiger partial charge in [-0.15, -0.1) is 0 Å². The van der Waals surface area contributed by atoms with E-state index in [1.165, 1.54) is 29.1 Å². The number of nitrogens with one attached hydrogen (secondary N) is 1. The van der Waals surface area contributed by atoms with Crippen LogP contribution in [0.5, 0.6) is 11.5 Å². The molecular formula is C28H27N5O4S. The zero-order valence-electron chi connectivity index (χ0n) is 21.6. The summed E-state index contributed by atoms with van der Waals surface area (Å²) in [5.74, 6) is -0.173. The summed E-state index contributed by atoms with van der Waals surface area (Å²) in [7, 11) is 3.31. The molecule has 1 atom stereocenters. The summed E-state index contributed by atoms with van der Waals surface area (Å²) >= 11 is 1.26. The van der Waals surface area contributed by atoms with Gasteiger partial charge in [-0.25, -0.2) is 4.99 Å². The molecule has 0 spiro atoms. The van der Waals surface area contributed by atoms with Crippen molar-refractivity contribution < 1.29 is 14.6 Å². The number of aromatic hydroxyl groups is 1. The van der Waals surface area contributed by atoms with Crippen LogP contribution < -0.4 is 24.9 Å². The predicted octanol–water partition coefficient (Wildman–Crippen LogP) is 2.94. The van der Waals surface area contributed by atoms with Crippen LogP contribution in [0.2, 0.25) is 0 Å². The highest BCUT2D eigenvalue weighted by molar-refractivity contribution is 7.07. The molecule has 194 valence electrons. The SMILES string of the molecule is COc1cc([C@@H]2C(C(=O)Nc3ccccc3)=C(C)N=c3s/c(=C/c4c(C)nn(C)c4C)c(=O)n32)ccc1O. The minimum absolute atomic E-state index is 0.0397. The van der Waals surface area contributed by atoms with Gasteiger partial charge in [-0.2, -0.15) is 5.10 Å². The van der Waals surface area contributed by atoms with Gasteiger partial charge in [0.15, 0.2) is 16.3 Å². The molecule has 0 radical (unpaired) electrons. The zero-order valence-corrected chi connectivity index (χ0v) is 22.5. The Labute approximate surface area is 222 Å². The fraction of sp³-hybridized carbons (Fsp3) is 0.214. The average molecular weight is 530 g/mol. The van der Waals surface area contributed by atoms with E-state index in [2.05, 4.69) is 15.4 Å². The average Bonchev–Trinajstić information content (AvgIpc) is 3.33. The number of phenols is 1. The first kappa shape index (κ1) is 25.2. The van der Waals surface area contributed by atoms with E-state index in [4.69, 9.17) is 4.74 Å². The first-order chi connectivity index (χ1) is 18.2. The monoisotopic (exact) mass is 529 g/mol. The van der Waals surface area contributed by atoms with Crippen molar-refractivity contribution in [3.63, 3.8) is 0 Å². The van der Waals surface area contributed by atoms with Crippen molar-refractivity contribution in [2.45, 2.75) is 26.8 Å². The van der Waals surface area contributed by atoms with E-state index in [0.717, 1.165) is 17.0 Å². The molecule has 0 aliphatic carbocycles. The number of nitrogens with zero attached hydrogens (tertiary/aromatic N) is 4. The summed E-state index contributed by atoms with van der Waals surface area (Å²) < 4.78 is 9.13. The minimum atomic E-state index is -0.789. The number of rotatable bonds is 5. The fourth-order valence-corrected chi connectivity index (χ4v) is 5.67. The Morgan fingerprint density at radius 1 is 1.16 bits per heavy atom. The molecule has 4 aromatic rings. The number of aryl methyl sites for hydroxylation is 2. The lowest BCUT2D eigenvalue weighted by molar-refractivity contribution is -0.113. The second-order valence-corrected chi connectivity index (χ2v) is 10.1. The highest BCUT2D eigenvalue weighted by Gasteiger charge is 2.33. The summed E-state index contributed by atoms with van der Waals surface area (Å²) in [5, 5.41) is 17.6. The van der Waals surface area contributed by atoms with Crippen LogP contribution in [0, 0.1) is 13.8 Å². The lowest BCUT2D eigenvalue weighted by Gasteiger charge is -2.25. The van der Waals surface area contributed by atoms with E-state index in [1.807, 2.05) is 45.2 Å². The number of ether oxygens (including phenoxy) is 1. The van der Waals surface area contributed by atoms with E-state index in [1.54, 1.807) is 35.9 Å². The molecule has 0 saturated carbocycles. The standard InChI is InChI=1S/C28H27N5O4S/c1-15-20(17(3)32(4)31-15)14-23-27(36)33-25(18-11-12-21(34)22(13-18)37-5)24(16(2)29-28(33)38-23)26(35)30-19-9-7-6-8-10-19/h6-14,25,34H,1-5H3,(H,30,35)/b23-14+/t25-/m1/s1. The summed E-state index contributed by atoms with van der Waals surface area (Å²) in [6.45, 7) is 5.61. The number of methoxy groups -OCH3 is 1. The molecule has 10 heteroatoms. The van der Waals surface area contributed by atoms with Crippen molar-refractivity contribution in [1.29, 1.82) is 0 Å². The van der Waals surface area contributed by atoms with Crippen LogP contribution in [-0.2, 0) is 11.8 Å². The molecule has 38 heavy (non-hydrogen) atoms. The van der Waals surface area contributed by atoms with Crippen molar-refractivity contribution in [2.24, 2.45) is 12.0 Å². The molecule has 1 aliphatic rings. The fourth-order valence-electron chi connectivity index (χ4n) is 4.64. The Balaban J connectivity index is 1.73. The Morgan fingerprint density at radius 2 is 1.89 bits per heavy atom. The van der Waals surface area contributed by atoms with E-state index >= 15 is 0 Å². The summed E-state index contributed by atoms with van der Waals surface area (Å²) in [6, 6.07) is 13.1. The lowest BCUT2D eigenvalue weighted by atomic mass is 9.94. The van der Waals surface area contributed by atoms with Crippen molar-refractivity contribution >= 4 is 29.0 Å². The Hall–Kier alpha value is -4.44. The molecule has 0 unspecified atom stereocenters. The van der Waals surface area contributed by atoms with Crippen LogP contribution in [0.25, 0.3) is 6.08 Å². The van der Waals surface area contributed by atoms with Crippen molar-refractivity contribution in [3.8, 4) is 11.5 Å². The number of anilines is 1. The number of carbonyl (C=O) groups is 1. The van der Waals surface area contributed by atoms with Crippen molar-refractivity contribution in [2.75, 3.05) is 12.4 Å². The van der Waals surface area contributed by atoms with Gasteiger partial charge < -0.3 is 15.2 Å². The Bertz CT molecular complexity index is 1780. The number of benzene rings is 2.